The molecule has 0 aliphatic carbocycles. The molecule has 0 saturated carbocycles. The lowest BCUT2D eigenvalue weighted by atomic mass is 10.1. The Labute approximate surface area is 130 Å². The molecule has 0 aromatic carbocycles. The molecule has 1 N–H and O–H groups in total. The Bertz CT molecular complexity index is 708. The van der Waals surface area contributed by atoms with Crippen LogP contribution in [0.25, 0.3) is 0 Å². The first-order chi connectivity index (χ1) is 10.5. The molecule has 1 aliphatic rings. The molecule has 0 saturated heterocycles. The van der Waals surface area contributed by atoms with Gasteiger partial charge >= 0.3 is 0 Å². The van der Waals surface area contributed by atoms with Crippen LogP contribution in [0.4, 0.5) is 0 Å². The molecule has 0 radical (unpaired) electrons. The molecule has 0 bridgehead atoms. The number of hydrogen-bond donors (Lipinski definition) is 1. The van der Waals surface area contributed by atoms with Crippen molar-refractivity contribution in [3.8, 4) is 0 Å². The molecule has 0 unspecified atom stereocenters. The van der Waals surface area contributed by atoms with Crippen LogP contribution in [0.2, 0.25) is 0 Å². The second-order valence-corrected chi connectivity index (χ2v) is 7.51. The summed E-state index contributed by atoms with van der Waals surface area (Å²) in [6, 6.07) is 4.14. The predicted octanol–water partition coefficient (Wildman–Crippen LogP) is 0.972. The number of furan rings is 1. The zero-order chi connectivity index (χ0) is 15.6. The van der Waals surface area contributed by atoms with Crippen molar-refractivity contribution in [1.29, 1.82) is 0 Å². The number of rotatable bonds is 6. The first kappa shape index (κ1) is 15.3. The molecule has 2 aromatic heterocycles. The standard InChI is InChI=1S/C14H20N4O3S/c1-22(19,20)16-6-3-14-10-17(8-12-4-7-21-11-12)9-13-2-5-15-18(13)14/h2,4-5,7,11,14,16H,3,6,8-10H2,1H3/t14-/m0/s1. The highest BCUT2D eigenvalue weighted by Gasteiger charge is 2.25. The van der Waals surface area contributed by atoms with Gasteiger partial charge in [0, 0.05) is 37.9 Å². The van der Waals surface area contributed by atoms with Crippen LogP contribution in [0, 0.1) is 0 Å². The van der Waals surface area contributed by atoms with Gasteiger partial charge in [0.1, 0.15) is 0 Å². The van der Waals surface area contributed by atoms with E-state index < -0.39 is 10.0 Å². The first-order valence-corrected chi connectivity index (χ1v) is 9.11. The summed E-state index contributed by atoms with van der Waals surface area (Å²) in [5.74, 6) is 0. The van der Waals surface area contributed by atoms with Crippen molar-refractivity contribution in [3.63, 3.8) is 0 Å². The Kier molecular flexibility index (Phi) is 4.32. The van der Waals surface area contributed by atoms with Crippen molar-refractivity contribution in [1.82, 2.24) is 19.4 Å². The molecule has 8 heteroatoms. The van der Waals surface area contributed by atoms with Crippen molar-refractivity contribution in [3.05, 3.63) is 42.1 Å². The Morgan fingerprint density at radius 1 is 1.45 bits per heavy atom. The van der Waals surface area contributed by atoms with Gasteiger partial charge in [0.15, 0.2) is 0 Å². The monoisotopic (exact) mass is 324 g/mol. The van der Waals surface area contributed by atoms with E-state index in [1.807, 2.05) is 16.8 Å². The van der Waals surface area contributed by atoms with Gasteiger partial charge in [0.25, 0.3) is 0 Å². The van der Waals surface area contributed by atoms with Crippen molar-refractivity contribution in [2.75, 3.05) is 19.3 Å². The maximum absolute atomic E-state index is 11.2. The van der Waals surface area contributed by atoms with Crippen LogP contribution >= 0.6 is 0 Å². The Morgan fingerprint density at radius 2 is 2.32 bits per heavy atom. The summed E-state index contributed by atoms with van der Waals surface area (Å²) in [6.07, 6.45) is 7.12. The summed E-state index contributed by atoms with van der Waals surface area (Å²) in [6.45, 7) is 2.91. The summed E-state index contributed by atoms with van der Waals surface area (Å²) in [7, 11) is -3.15. The minimum atomic E-state index is -3.15. The van der Waals surface area contributed by atoms with Gasteiger partial charge in [-0.15, -0.1) is 0 Å². The lowest BCUT2D eigenvalue weighted by Crippen LogP contribution is -2.38. The lowest BCUT2D eigenvalue weighted by molar-refractivity contribution is 0.162. The number of sulfonamides is 1. The summed E-state index contributed by atoms with van der Waals surface area (Å²) < 4.78 is 32.1. The van der Waals surface area contributed by atoms with Crippen LogP contribution in [-0.2, 0) is 23.1 Å². The minimum absolute atomic E-state index is 0.167. The van der Waals surface area contributed by atoms with Gasteiger partial charge in [-0.25, -0.2) is 13.1 Å². The largest absolute Gasteiger partial charge is 0.472 e. The van der Waals surface area contributed by atoms with Gasteiger partial charge in [-0.3, -0.25) is 9.58 Å². The number of nitrogens with one attached hydrogen (secondary N) is 1. The zero-order valence-corrected chi connectivity index (χ0v) is 13.3. The second-order valence-electron chi connectivity index (χ2n) is 5.68. The van der Waals surface area contributed by atoms with Crippen LogP contribution < -0.4 is 4.72 Å². The summed E-state index contributed by atoms with van der Waals surface area (Å²) in [5, 5.41) is 4.38. The average Bonchev–Trinajstić information content (AvgIpc) is 3.08. The van der Waals surface area contributed by atoms with Crippen LogP contribution in [0.1, 0.15) is 23.7 Å². The molecule has 3 rings (SSSR count). The number of nitrogens with zero attached hydrogens (tertiary/aromatic N) is 3. The van der Waals surface area contributed by atoms with E-state index >= 15 is 0 Å². The van der Waals surface area contributed by atoms with E-state index in [-0.39, 0.29) is 6.04 Å². The molecule has 0 amide bonds. The lowest BCUT2D eigenvalue weighted by Gasteiger charge is -2.33. The fraction of sp³-hybridized carbons (Fsp3) is 0.500. The van der Waals surface area contributed by atoms with E-state index in [2.05, 4.69) is 14.7 Å². The number of aromatic nitrogens is 2. The van der Waals surface area contributed by atoms with E-state index in [1.54, 1.807) is 18.7 Å². The highest BCUT2D eigenvalue weighted by atomic mass is 32.2. The third-order valence-electron chi connectivity index (χ3n) is 3.78. The topological polar surface area (TPSA) is 80.4 Å². The SMILES string of the molecule is CS(=O)(=O)NCC[C@H]1CN(Cc2ccoc2)Cc2ccnn21. The van der Waals surface area contributed by atoms with Gasteiger partial charge in [-0.05, 0) is 18.6 Å². The molecule has 0 fully saturated rings. The molecule has 3 heterocycles. The average molecular weight is 324 g/mol. The highest BCUT2D eigenvalue weighted by molar-refractivity contribution is 7.88. The third kappa shape index (κ3) is 3.76. The Hall–Kier alpha value is -1.64. The van der Waals surface area contributed by atoms with Gasteiger partial charge in [-0.2, -0.15) is 5.10 Å². The highest BCUT2D eigenvalue weighted by Crippen LogP contribution is 2.24. The molecule has 0 spiro atoms. The van der Waals surface area contributed by atoms with Crippen LogP contribution in [-0.4, -0.2) is 42.4 Å². The van der Waals surface area contributed by atoms with Gasteiger partial charge in [0.2, 0.25) is 10.0 Å². The third-order valence-corrected chi connectivity index (χ3v) is 4.51. The summed E-state index contributed by atoms with van der Waals surface area (Å²) in [5.41, 5.74) is 2.29. The van der Waals surface area contributed by atoms with Crippen molar-refractivity contribution >= 4 is 10.0 Å². The smallest absolute Gasteiger partial charge is 0.208 e. The molecule has 1 aliphatic heterocycles. The fourth-order valence-electron chi connectivity index (χ4n) is 2.85. The van der Waals surface area contributed by atoms with Crippen LogP contribution in [0.3, 0.4) is 0 Å². The molecule has 22 heavy (non-hydrogen) atoms. The van der Waals surface area contributed by atoms with Gasteiger partial charge < -0.3 is 4.42 Å². The van der Waals surface area contributed by atoms with E-state index in [0.29, 0.717) is 13.0 Å². The zero-order valence-electron chi connectivity index (χ0n) is 12.5. The van der Waals surface area contributed by atoms with Crippen LogP contribution in [0.5, 0.6) is 0 Å². The van der Waals surface area contributed by atoms with E-state index in [4.69, 9.17) is 4.42 Å². The van der Waals surface area contributed by atoms with Gasteiger partial charge in [-0.1, -0.05) is 0 Å². The minimum Gasteiger partial charge on any atom is -0.472 e. The fourth-order valence-corrected chi connectivity index (χ4v) is 3.34. The molecular weight excluding hydrogens is 304 g/mol. The first-order valence-electron chi connectivity index (χ1n) is 7.22. The van der Waals surface area contributed by atoms with Crippen molar-refractivity contribution in [2.45, 2.75) is 25.6 Å². The van der Waals surface area contributed by atoms with E-state index in [0.717, 1.165) is 30.9 Å². The maximum atomic E-state index is 11.2. The van der Waals surface area contributed by atoms with E-state index in [1.165, 1.54) is 6.26 Å². The van der Waals surface area contributed by atoms with E-state index in [9.17, 15) is 8.42 Å². The molecule has 120 valence electrons. The number of fused-ring (bicyclic) bond motifs is 1. The molecule has 1 atom stereocenters. The Balaban J connectivity index is 1.66. The van der Waals surface area contributed by atoms with Crippen molar-refractivity contribution in [2.24, 2.45) is 0 Å². The summed E-state index contributed by atoms with van der Waals surface area (Å²) >= 11 is 0. The molecule has 7 nitrogen and oxygen atoms in total. The van der Waals surface area contributed by atoms with Gasteiger partial charge in [0.05, 0.1) is 30.5 Å². The summed E-state index contributed by atoms with van der Waals surface area (Å²) in [4.78, 5) is 2.33. The number of hydrogen-bond acceptors (Lipinski definition) is 5. The van der Waals surface area contributed by atoms with Crippen LogP contribution in [0.15, 0.2) is 35.3 Å². The molecule has 2 aromatic rings. The second kappa shape index (κ2) is 6.23. The molecular formula is C14H20N4O3S. The predicted molar refractivity (Wildman–Crippen MR) is 81.5 cm³/mol. The maximum Gasteiger partial charge on any atom is 0.208 e. The normalized spacial score (nSPS) is 19.2. The Morgan fingerprint density at radius 3 is 3.05 bits per heavy atom. The van der Waals surface area contributed by atoms with Crippen molar-refractivity contribution < 1.29 is 12.8 Å². The quantitative estimate of drug-likeness (QED) is 0.856.